The first-order chi connectivity index (χ1) is 13.6. The Hall–Kier alpha value is -1.48. The van der Waals surface area contributed by atoms with Crippen LogP contribution in [-0.4, -0.2) is 73.5 Å². The summed E-state index contributed by atoms with van der Waals surface area (Å²) in [7, 11) is 0. The summed E-state index contributed by atoms with van der Waals surface area (Å²) >= 11 is 0.453. The number of nitrogens with one attached hydrogen (secondary N) is 2. The van der Waals surface area contributed by atoms with Crippen molar-refractivity contribution in [1.82, 2.24) is 10.6 Å². The van der Waals surface area contributed by atoms with E-state index < -0.39 is 47.3 Å². The van der Waals surface area contributed by atoms with Crippen LogP contribution in [0.15, 0.2) is 0 Å². The summed E-state index contributed by atoms with van der Waals surface area (Å²) in [5.74, 6) is -1.22. The zero-order valence-corrected chi connectivity index (χ0v) is 21.8. The van der Waals surface area contributed by atoms with Gasteiger partial charge in [0, 0.05) is 0 Å². The molecule has 0 aromatic rings. The molecule has 0 rings (SSSR count). The Balaban J connectivity index is 4.28. The van der Waals surface area contributed by atoms with E-state index in [4.69, 9.17) is 20.9 Å². The van der Waals surface area contributed by atoms with Crippen molar-refractivity contribution in [3.05, 3.63) is 0 Å². The second-order valence-corrected chi connectivity index (χ2v) is 16.3. The number of hydrogen-bond acceptors (Lipinski definition) is 6. The Morgan fingerprint density at radius 3 is 1.27 bits per heavy atom. The van der Waals surface area contributed by atoms with Crippen LogP contribution < -0.4 is 22.1 Å². The standard InChI is InChI=1S/C18H34N4O6Se2/c1-17(2,3)27-15(25)21-11(13(19)23)7-9-29-30-10-8-12(14(20)24)22-16(26)28-18(4,5)6/h11-12H,7-10H2,1-6H3,(H2,19,23)(H2,20,24)(H,21,25)(H,22,26)/t11-,12-/m0/s1. The summed E-state index contributed by atoms with van der Waals surface area (Å²) in [5.41, 5.74) is 9.38. The third kappa shape index (κ3) is 15.4. The van der Waals surface area contributed by atoms with E-state index in [9.17, 15) is 19.2 Å². The van der Waals surface area contributed by atoms with Gasteiger partial charge in [-0.1, -0.05) is 0 Å². The zero-order chi connectivity index (χ0) is 23.5. The maximum atomic E-state index is 11.8. The van der Waals surface area contributed by atoms with Crippen LogP contribution in [0.25, 0.3) is 0 Å². The molecule has 0 saturated carbocycles. The van der Waals surface area contributed by atoms with E-state index in [0.29, 0.717) is 12.8 Å². The monoisotopic (exact) mass is 562 g/mol. The summed E-state index contributed by atoms with van der Waals surface area (Å²) in [4.78, 5) is 46.7. The molecule has 0 unspecified atom stereocenters. The molecule has 0 aromatic heterocycles. The Kier molecular flexibility index (Phi) is 12.4. The van der Waals surface area contributed by atoms with Crippen molar-refractivity contribution in [1.29, 1.82) is 0 Å². The predicted molar refractivity (Wildman–Crippen MR) is 115 cm³/mol. The van der Waals surface area contributed by atoms with E-state index in [2.05, 4.69) is 10.6 Å². The van der Waals surface area contributed by atoms with Crippen molar-refractivity contribution in [3.8, 4) is 0 Å². The maximum absolute atomic E-state index is 11.8. The molecule has 12 heteroatoms. The van der Waals surface area contributed by atoms with Gasteiger partial charge in [-0.25, -0.2) is 0 Å². The molecule has 0 aliphatic heterocycles. The Bertz CT molecular complexity index is 552. The second kappa shape index (κ2) is 13.0. The van der Waals surface area contributed by atoms with Crippen molar-refractivity contribution in [3.63, 3.8) is 0 Å². The molecular formula is C18H34N4O6Se2. The summed E-state index contributed by atoms with van der Waals surface area (Å²) in [6.45, 7) is 10.4. The van der Waals surface area contributed by atoms with Gasteiger partial charge < -0.3 is 0 Å². The molecule has 0 aliphatic carbocycles. The molecule has 0 bridgehead atoms. The Morgan fingerprint density at radius 2 is 1.03 bits per heavy atom. The van der Waals surface area contributed by atoms with Crippen molar-refractivity contribution >= 4 is 50.3 Å². The zero-order valence-electron chi connectivity index (χ0n) is 18.4. The fourth-order valence-electron chi connectivity index (χ4n) is 1.92. The molecule has 2 atom stereocenters. The number of primary amides is 2. The molecule has 0 spiro atoms. The molecule has 0 aromatic carbocycles. The van der Waals surface area contributed by atoms with Gasteiger partial charge in [0.05, 0.1) is 0 Å². The van der Waals surface area contributed by atoms with Crippen LogP contribution in [0.3, 0.4) is 0 Å². The van der Waals surface area contributed by atoms with Crippen molar-refractivity contribution in [2.75, 3.05) is 0 Å². The van der Waals surface area contributed by atoms with Crippen LogP contribution >= 0.6 is 0 Å². The van der Waals surface area contributed by atoms with Crippen LogP contribution in [0.1, 0.15) is 54.4 Å². The molecule has 0 aliphatic rings. The second-order valence-electron chi connectivity index (χ2n) is 8.42. The number of nitrogens with two attached hydrogens (primary N) is 2. The fraction of sp³-hybridized carbons (Fsp3) is 0.778. The normalized spacial score (nSPS) is 13.7. The minimum absolute atomic E-state index is 0.227. The minimum atomic E-state index is -0.787. The van der Waals surface area contributed by atoms with E-state index in [1.807, 2.05) is 0 Å². The van der Waals surface area contributed by atoms with Gasteiger partial charge in [0.25, 0.3) is 0 Å². The first kappa shape index (κ1) is 28.5. The quantitative estimate of drug-likeness (QED) is 0.215. The van der Waals surface area contributed by atoms with Gasteiger partial charge >= 0.3 is 189 Å². The molecule has 0 saturated heterocycles. The van der Waals surface area contributed by atoms with Crippen LogP contribution in [0.4, 0.5) is 9.59 Å². The molecule has 174 valence electrons. The Morgan fingerprint density at radius 1 is 0.733 bits per heavy atom. The molecule has 0 fully saturated rings. The number of carbonyl (C=O) groups is 4. The van der Waals surface area contributed by atoms with Gasteiger partial charge in [-0.15, -0.1) is 0 Å². The molecule has 4 amide bonds. The van der Waals surface area contributed by atoms with Gasteiger partial charge in [-0.3, -0.25) is 0 Å². The molecule has 30 heavy (non-hydrogen) atoms. The summed E-state index contributed by atoms with van der Waals surface area (Å²) in [6, 6.07) is -1.57. The van der Waals surface area contributed by atoms with Crippen LogP contribution in [0, 0.1) is 0 Å². The number of hydrogen-bond donors (Lipinski definition) is 4. The van der Waals surface area contributed by atoms with E-state index in [1.165, 1.54) is 0 Å². The molecule has 10 nitrogen and oxygen atoms in total. The van der Waals surface area contributed by atoms with Gasteiger partial charge in [-0.2, -0.15) is 0 Å². The molecular weight excluding hydrogens is 526 g/mol. The number of ether oxygens (including phenoxy) is 2. The molecule has 6 N–H and O–H groups in total. The first-order valence-electron chi connectivity index (χ1n) is 9.43. The van der Waals surface area contributed by atoms with Gasteiger partial charge in [0.2, 0.25) is 0 Å². The number of amides is 4. The van der Waals surface area contributed by atoms with E-state index in [-0.39, 0.29) is 26.3 Å². The SMILES string of the molecule is CC(C)(C)OC(=O)N[C@@H](CC[Se][Se]CC[C@H](NC(=O)OC(C)(C)C)C(N)=O)C(N)=O. The van der Waals surface area contributed by atoms with Crippen LogP contribution in [-0.2, 0) is 19.1 Å². The van der Waals surface area contributed by atoms with E-state index in [0.717, 1.165) is 10.6 Å². The molecule has 0 radical (unpaired) electrons. The molecule has 0 heterocycles. The van der Waals surface area contributed by atoms with Crippen molar-refractivity contribution < 1.29 is 28.7 Å². The van der Waals surface area contributed by atoms with Crippen molar-refractivity contribution in [2.24, 2.45) is 11.5 Å². The third-order valence-corrected chi connectivity index (χ3v) is 10.6. The predicted octanol–water partition coefficient (Wildman–Crippen LogP) is 0.684. The summed E-state index contributed by atoms with van der Waals surface area (Å²) < 4.78 is 10.3. The first-order valence-corrected chi connectivity index (χ1v) is 16.2. The van der Waals surface area contributed by atoms with E-state index in [1.54, 1.807) is 41.5 Å². The van der Waals surface area contributed by atoms with Crippen LogP contribution in [0.5, 0.6) is 0 Å². The summed E-state index contributed by atoms with van der Waals surface area (Å²) in [6.07, 6.45) is -0.513. The average molecular weight is 560 g/mol. The third-order valence-electron chi connectivity index (χ3n) is 3.13. The Labute approximate surface area is 189 Å². The van der Waals surface area contributed by atoms with Gasteiger partial charge in [-0.05, 0) is 0 Å². The average Bonchev–Trinajstić information content (AvgIpc) is 2.51. The van der Waals surface area contributed by atoms with Gasteiger partial charge in [0.1, 0.15) is 0 Å². The van der Waals surface area contributed by atoms with Crippen molar-refractivity contribution in [2.45, 2.75) is 88.3 Å². The van der Waals surface area contributed by atoms with Gasteiger partial charge in [0.15, 0.2) is 0 Å². The van der Waals surface area contributed by atoms with Crippen LogP contribution in [0.2, 0.25) is 10.6 Å². The number of rotatable bonds is 11. The topological polar surface area (TPSA) is 163 Å². The fourth-order valence-corrected chi connectivity index (χ4v) is 8.48. The number of alkyl carbamates (subject to hydrolysis) is 2. The van der Waals surface area contributed by atoms with E-state index >= 15 is 0 Å². The summed E-state index contributed by atoms with van der Waals surface area (Å²) in [5, 5.41) is 6.46. The number of carbonyl (C=O) groups excluding carboxylic acids is 4.